The number of halogens is 1. The second-order valence-electron chi connectivity index (χ2n) is 4.67. The maximum atomic E-state index is 5.84. The number of pyridine rings is 1. The SMILES string of the molecule is COCCNCc1ccc(Sc2ccc(Cl)cn2)cc1C. The predicted molar refractivity (Wildman–Crippen MR) is 88.1 cm³/mol. The zero-order chi connectivity index (χ0) is 15.1. The van der Waals surface area contributed by atoms with Gasteiger partial charge < -0.3 is 10.1 Å². The third-order valence-corrected chi connectivity index (χ3v) is 4.20. The number of ether oxygens (including phenoxy) is 1. The van der Waals surface area contributed by atoms with Gasteiger partial charge in [0.05, 0.1) is 11.6 Å². The van der Waals surface area contributed by atoms with Crippen LogP contribution in [-0.2, 0) is 11.3 Å². The fourth-order valence-corrected chi connectivity index (χ4v) is 2.84. The maximum Gasteiger partial charge on any atom is 0.101 e. The smallest absolute Gasteiger partial charge is 0.101 e. The topological polar surface area (TPSA) is 34.1 Å². The molecule has 0 saturated carbocycles. The Labute approximate surface area is 135 Å². The summed E-state index contributed by atoms with van der Waals surface area (Å²) >= 11 is 7.48. The Morgan fingerprint density at radius 1 is 1.29 bits per heavy atom. The van der Waals surface area contributed by atoms with Crippen molar-refractivity contribution in [2.45, 2.75) is 23.4 Å². The van der Waals surface area contributed by atoms with Gasteiger partial charge in [-0.3, -0.25) is 0 Å². The molecular formula is C16H19ClN2OS. The number of methoxy groups -OCH3 is 1. The summed E-state index contributed by atoms with van der Waals surface area (Å²) in [6.07, 6.45) is 1.67. The summed E-state index contributed by atoms with van der Waals surface area (Å²) in [7, 11) is 1.71. The van der Waals surface area contributed by atoms with Crippen molar-refractivity contribution in [2.75, 3.05) is 20.3 Å². The van der Waals surface area contributed by atoms with E-state index in [-0.39, 0.29) is 0 Å². The van der Waals surface area contributed by atoms with Crippen molar-refractivity contribution in [3.05, 3.63) is 52.7 Å². The molecular weight excluding hydrogens is 304 g/mol. The van der Waals surface area contributed by atoms with Gasteiger partial charge in [-0.05, 0) is 42.3 Å². The Morgan fingerprint density at radius 2 is 2.14 bits per heavy atom. The average molecular weight is 323 g/mol. The predicted octanol–water partition coefficient (Wildman–Crippen LogP) is 3.93. The fourth-order valence-electron chi connectivity index (χ4n) is 1.87. The first-order chi connectivity index (χ1) is 10.2. The molecule has 1 aromatic heterocycles. The largest absolute Gasteiger partial charge is 0.383 e. The molecule has 0 atom stereocenters. The lowest BCUT2D eigenvalue weighted by Crippen LogP contribution is -2.19. The van der Waals surface area contributed by atoms with E-state index in [4.69, 9.17) is 16.3 Å². The molecule has 21 heavy (non-hydrogen) atoms. The highest BCUT2D eigenvalue weighted by Gasteiger charge is 2.03. The minimum absolute atomic E-state index is 0.660. The molecule has 0 unspecified atom stereocenters. The van der Waals surface area contributed by atoms with E-state index in [1.165, 1.54) is 16.0 Å². The first kappa shape index (κ1) is 16.3. The van der Waals surface area contributed by atoms with Crippen LogP contribution in [0.5, 0.6) is 0 Å². The van der Waals surface area contributed by atoms with Crippen LogP contribution in [0, 0.1) is 6.92 Å². The molecule has 2 aromatic rings. The van der Waals surface area contributed by atoms with Crippen LogP contribution < -0.4 is 5.32 Å². The van der Waals surface area contributed by atoms with Crippen molar-refractivity contribution in [2.24, 2.45) is 0 Å². The van der Waals surface area contributed by atoms with Crippen LogP contribution in [0.4, 0.5) is 0 Å². The lowest BCUT2D eigenvalue weighted by atomic mass is 10.1. The lowest BCUT2D eigenvalue weighted by molar-refractivity contribution is 0.199. The highest BCUT2D eigenvalue weighted by Crippen LogP contribution is 2.28. The molecule has 1 heterocycles. The molecule has 0 radical (unpaired) electrons. The standard InChI is InChI=1S/C16H19ClN2OS/c1-12-9-15(21-16-6-4-14(17)11-19-16)5-3-13(12)10-18-7-8-20-2/h3-6,9,11,18H,7-8,10H2,1-2H3. The Morgan fingerprint density at radius 3 is 2.81 bits per heavy atom. The second kappa shape index (κ2) is 8.39. The number of aryl methyl sites for hydroxylation is 1. The monoisotopic (exact) mass is 322 g/mol. The highest BCUT2D eigenvalue weighted by atomic mass is 35.5. The summed E-state index contributed by atoms with van der Waals surface area (Å²) in [6, 6.07) is 10.3. The van der Waals surface area contributed by atoms with Gasteiger partial charge in [0, 0.05) is 31.3 Å². The molecule has 0 aliphatic heterocycles. The molecule has 0 aliphatic rings. The van der Waals surface area contributed by atoms with Gasteiger partial charge in [0.2, 0.25) is 0 Å². The van der Waals surface area contributed by atoms with Gasteiger partial charge in [-0.15, -0.1) is 0 Å². The Balaban J connectivity index is 1.96. The summed E-state index contributed by atoms with van der Waals surface area (Å²) in [6.45, 7) is 4.59. The number of nitrogens with zero attached hydrogens (tertiary/aromatic N) is 1. The molecule has 0 amide bonds. The molecule has 0 fully saturated rings. The van der Waals surface area contributed by atoms with Gasteiger partial charge >= 0.3 is 0 Å². The van der Waals surface area contributed by atoms with E-state index < -0.39 is 0 Å². The lowest BCUT2D eigenvalue weighted by Gasteiger charge is -2.09. The average Bonchev–Trinajstić information content (AvgIpc) is 2.48. The quantitative estimate of drug-likeness (QED) is 0.783. The van der Waals surface area contributed by atoms with E-state index in [0.717, 1.165) is 24.7 Å². The number of hydrogen-bond acceptors (Lipinski definition) is 4. The van der Waals surface area contributed by atoms with Crippen LogP contribution in [-0.4, -0.2) is 25.2 Å². The third kappa shape index (κ3) is 5.32. The van der Waals surface area contributed by atoms with Crippen molar-refractivity contribution < 1.29 is 4.74 Å². The molecule has 0 bridgehead atoms. The zero-order valence-electron chi connectivity index (χ0n) is 12.2. The van der Waals surface area contributed by atoms with Crippen molar-refractivity contribution in [3.8, 4) is 0 Å². The molecule has 0 spiro atoms. The van der Waals surface area contributed by atoms with Crippen molar-refractivity contribution in [1.29, 1.82) is 0 Å². The van der Waals surface area contributed by atoms with Gasteiger partial charge in [0.15, 0.2) is 0 Å². The van der Waals surface area contributed by atoms with Crippen LogP contribution in [0.2, 0.25) is 5.02 Å². The van der Waals surface area contributed by atoms with E-state index in [0.29, 0.717) is 5.02 Å². The zero-order valence-corrected chi connectivity index (χ0v) is 13.8. The Hall–Kier alpha value is -1.07. The molecule has 5 heteroatoms. The van der Waals surface area contributed by atoms with Crippen LogP contribution in [0.15, 0.2) is 46.5 Å². The van der Waals surface area contributed by atoms with Crippen molar-refractivity contribution in [3.63, 3.8) is 0 Å². The minimum atomic E-state index is 0.660. The summed E-state index contributed by atoms with van der Waals surface area (Å²) in [5.74, 6) is 0. The van der Waals surface area contributed by atoms with E-state index in [1.807, 2.05) is 12.1 Å². The van der Waals surface area contributed by atoms with Crippen LogP contribution in [0.3, 0.4) is 0 Å². The van der Waals surface area contributed by atoms with Gasteiger partial charge in [-0.2, -0.15) is 0 Å². The van der Waals surface area contributed by atoms with Crippen LogP contribution >= 0.6 is 23.4 Å². The summed E-state index contributed by atoms with van der Waals surface area (Å²) in [5.41, 5.74) is 2.58. The highest BCUT2D eigenvalue weighted by molar-refractivity contribution is 7.99. The third-order valence-electron chi connectivity index (χ3n) is 3.04. The van der Waals surface area contributed by atoms with E-state index in [1.54, 1.807) is 25.1 Å². The minimum Gasteiger partial charge on any atom is -0.383 e. The van der Waals surface area contributed by atoms with Crippen LogP contribution in [0.1, 0.15) is 11.1 Å². The second-order valence-corrected chi connectivity index (χ2v) is 6.20. The molecule has 1 N–H and O–H groups in total. The summed E-state index contributed by atoms with van der Waals surface area (Å²) in [4.78, 5) is 5.48. The molecule has 0 saturated heterocycles. The number of nitrogens with one attached hydrogen (secondary N) is 1. The van der Waals surface area contributed by atoms with E-state index in [9.17, 15) is 0 Å². The van der Waals surface area contributed by atoms with Crippen LogP contribution in [0.25, 0.3) is 0 Å². The Kier molecular flexibility index (Phi) is 6.51. The molecule has 0 aliphatic carbocycles. The van der Waals surface area contributed by atoms with E-state index >= 15 is 0 Å². The van der Waals surface area contributed by atoms with Gasteiger partial charge in [-0.1, -0.05) is 29.4 Å². The normalized spacial score (nSPS) is 10.8. The van der Waals surface area contributed by atoms with Gasteiger partial charge in [0.1, 0.15) is 5.03 Å². The maximum absolute atomic E-state index is 5.84. The summed E-state index contributed by atoms with van der Waals surface area (Å²) < 4.78 is 5.02. The molecule has 3 nitrogen and oxygen atoms in total. The fraction of sp³-hybridized carbons (Fsp3) is 0.312. The Bertz CT molecular complexity index is 575. The number of hydrogen-bond donors (Lipinski definition) is 1. The van der Waals surface area contributed by atoms with E-state index in [2.05, 4.69) is 35.4 Å². The van der Waals surface area contributed by atoms with Crippen molar-refractivity contribution in [1.82, 2.24) is 10.3 Å². The molecule has 112 valence electrons. The van der Waals surface area contributed by atoms with Gasteiger partial charge in [-0.25, -0.2) is 4.98 Å². The molecule has 2 rings (SSSR count). The molecule has 1 aromatic carbocycles. The first-order valence-electron chi connectivity index (χ1n) is 6.77. The summed E-state index contributed by atoms with van der Waals surface area (Å²) in [5, 5.41) is 4.97. The van der Waals surface area contributed by atoms with Gasteiger partial charge in [0.25, 0.3) is 0 Å². The number of rotatable bonds is 7. The number of aromatic nitrogens is 1. The van der Waals surface area contributed by atoms with Crippen molar-refractivity contribution >= 4 is 23.4 Å². The first-order valence-corrected chi connectivity index (χ1v) is 7.97. The number of benzene rings is 1.